The summed E-state index contributed by atoms with van der Waals surface area (Å²) in [6.07, 6.45) is 0.380. The lowest BCUT2D eigenvalue weighted by molar-refractivity contribution is 0.203. The molecule has 1 aliphatic heterocycles. The number of fused-ring (bicyclic) bond motifs is 1. The molecule has 0 spiro atoms. The molecule has 4 aromatic rings. The Morgan fingerprint density at radius 2 is 1.56 bits per heavy atom. The monoisotopic (exact) mass is 449 g/mol. The van der Waals surface area contributed by atoms with Crippen LogP contribution in [0.3, 0.4) is 0 Å². The summed E-state index contributed by atoms with van der Waals surface area (Å²) < 4.78 is 12.4. The number of aromatic hydroxyl groups is 1. The van der Waals surface area contributed by atoms with Crippen LogP contribution in [0.15, 0.2) is 108 Å². The zero-order chi connectivity index (χ0) is 23.3. The first-order valence-corrected chi connectivity index (χ1v) is 11.5. The maximum atomic E-state index is 11.0. The van der Waals surface area contributed by atoms with Gasteiger partial charge < -0.3 is 14.6 Å². The summed E-state index contributed by atoms with van der Waals surface area (Å²) in [5, 5.41) is 11.0. The van der Waals surface area contributed by atoms with Crippen molar-refractivity contribution in [3.8, 4) is 17.2 Å². The molecular weight excluding hydrogens is 422 g/mol. The maximum Gasteiger partial charge on any atom is 0.136 e. The van der Waals surface area contributed by atoms with Gasteiger partial charge >= 0.3 is 0 Å². The van der Waals surface area contributed by atoms with Crippen LogP contribution < -0.4 is 9.47 Å². The third kappa shape index (κ3) is 4.81. The number of phenolic OH excluding ortho intramolecular Hbond substituents is 1. The van der Waals surface area contributed by atoms with Gasteiger partial charge in [0.15, 0.2) is 0 Å². The van der Waals surface area contributed by atoms with Gasteiger partial charge in [-0.1, -0.05) is 91.0 Å². The van der Waals surface area contributed by atoms with Crippen LogP contribution in [0.2, 0.25) is 0 Å². The molecule has 0 amide bonds. The predicted octanol–water partition coefficient (Wildman–Crippen LogP) is 7.05. The average Bonchev–Trinajstić information content (AvgIpc) is 2.88. The second-order valence-electron chi connectivity index (χ2n) is 8.47. The lowest BCUT2D eigenvalue weighted by Gasteiger charge is -2.29. The fraction of sp³-hybridized carbons (Fsp3) is 0.167. The first-order valence-electron chi connectivity index (χ1n) is 11.5. The van der Waals surface area contributed by atoms with E-state index in [-0.39, 0.29) is 17.9 Å². The molecular formula is C30H27NO3. The number of hydrogen-bond donors (Lipinski definition) is 1. The number of phenols is 1. The summed E-state index contributed by atoms with van der Waals surface area (Å²) >= 11 is 0. The molecule has 0 aliphatic carbocycles. The SMILES string of the molecule is C[C@H](N=C1C[C@@H](c2ccccc2)Oc2cc(OCc3ccccc3)cc(O)c21)c1ccccc1. The van der Waals surface area contributed by atoms with Crippen LogP contribution in [-0.4, -0.2) is 10.8 Å². The summed E-state index contributed by atoms with van der Waals surface area (Å²) in [4.78, 5) is 5.04. The lowest BCUT2D eigenvalue weighted by Crippen LogP contribution is -2.22. The van der Waals surface area contributed by atoms with Gasteiger partial charge in [-0.3, -0.25) is 4.99 Å². The van der Waals surface area contributed by atoms with Crippen molar-refractivity contribution in [2.75, 3.05) is 0 Å². The van der Waals surface area contributed by atoms with E-state index in [2.05, 4.69) is 31.2 Å². The molecule has 1 heterocycles. The number of rotatable bonds is 6. The molecule has 0 aromatic heterocycles. The highest BCUT2D eigenvalue weighted by atomic mass is 16.5. The molecule has 34 heavy (non-hydrogen) atoms. The van der Waals surface area contributed by atoms with Crippen molar-refractivity contribution in [3.05, 3.63) is 125 Å². The van der Waals surface area contributed by atoms with Crippen LogP contribution in [0.4, 0.5) is 0 Å². The largest absolute Gasteiger partial charge is 0.507 e. The van der Waals surface area contributed by atoms with Crippen molar-refractivity contribution < 1.29 is 14.6 Å². The maximum absolute atomic E-state index is 11.0. The Bertz CT molecular complexity index is 1270. The van der Waals surface area contributed by atoms with E-state index in [1.165, 1.54) is 0 Å². The van der Waals surface area contributed by atoms with Crippen molar-refractivity contribution in [2.45, 2.75) is 32.1 Å². The van der Waals surface area contributed by atoms with Crippen LogP contribution in [0.1, 0.15) is 47.7 Å². The van der Waals surface area contributed by atoms with Crippen LogP contribution in [0.5, 0.6) is 17.2 Å². The van der Waals surface area contributed by atoms with Gasteiger partial charge in [0.25, 0.3) is 0 Å². The summed E-state index contributed by atoms with van der Waals surface area (Å²) in [6, 6.07) is 33.7. The van der Waals surface area contributed by atoms with Gasteiger partial charge in [0, 0.05) is 18.6 Å². The van der Waals surface area contributed by atoms with Gasteiger partial charge in [-0.15, -0.1) is 0 Å². The van der Waals surface area contributed by atoms with Gasteiger partial charge in [-0.25, -0.2) is 0 Å². The molecule has 1 N–H and O–H groups in total. The smallest absolute Gasteiger partial charge is 0.136 e. The van der Waals surface area contributed by atoms with Gasteiger partial charge in [0.1, 0.15) is 30.0 Å². The zero-order valence-corrected chi connectivity index (χ0v) is 19.1. The highest BCUT2D eigenvalue weighted by molar-refractivity contribution is 6.06. The normalized spacial score (nSPS) is 17.0. The van der Waals surface area contributed by atoms with Crippen molar-refractivity contribution in [1.29, 1.82) is 0 Å². The number of hydrogen-bond acceptors (Lipinski definition) is 4. The van der Waals surface area contributed by atoms with Crippen LogP contribution >= 0.6 is 0 Å². The van der Waals surface area contributed by atoms with Crippen LogP contribution in [-0.2, 0) is 6.61 Å². The third-order valence-corrected chi connectivity index (χ3v) is 6.04. The molecule has 4 aromatic carbocycles. The zero-order valence-electron chi connectivity index (χ0n) is 19.1. The minimum atomic E-state index is -0.195. The van der Waals surface area contributed by atoms with E-state index >= 15 is 0 Å². The number of benzene rings is 4. The minimum absolute atomic E-state index is 0.0491. The first-order chi connectivity index (χ1) is 16.7. The molecule has 0 unspecified atom stereocenters. The van der Waals surface area contributed by atoms with Gasteiger partial charge in [-0.05, 0) is 23.6 Å². The number of aliphatic imine (C=N–C) groups is 1. The molecule has 4 nitrogen and oxygen atoms in total. The van der Waals surface area contributed by atoms with Crippen molar-refractivity contribution in [2.24, 2.45) is 4.99 Å². The van der Waals surface area contributed by atoms with Gasteiger partial charge in [0.2, 0.25) is 0 Å². The van der Waals surface area contributed by atoms with Gasteiger partial charge in [-0.2, -0.15) is 0 Å². The topological polar surface area (TPSA) is 51.0 Å². The Balaban J connectivity index is 1.50. The fourth-order valence-electron chi connectivity index (χ4n) is 4.27. The molecule has 0 fully saturated rings. The highest BCUT2D eigenvalue weighted by Crippen LogP contribution is 2.43. The van der Waals surface area contributed by atoms with Crippen molar-refractivity contribution in [1.82, 2.24) is 0 Å². The van der Waals surface area contributed by atoms with Crippen molar-refractivity contribution in [3.63, 3.8) is 0 Å². The standard InChI is InChI=1S/C30H27NO3/c1-21(23-13-7-3-8-14-23)31-26-19-28(24-15-9-4-10-16-24)34-29-18-25(17-27(32)30(26)29)33-20-22-11-5-2-6-12-22/h2-18,21,28,32H,19-20H2,1H3/t21-,28-/m0/s1. The van der Waals surface area contributed by atoms with E-state index in [4.69, 9.17) is 14.5 Å². The summed E-state index contributed by atoms with van der Waals surface area (Å²) in [6.45, 7) is 2.48. The molecule has 4 heteroatoms. The summed E-state index contributed by atoms with van der Waals surface area (Å²) in [7, 11) is 0. The molecule has 0 radical (unpaired) electrons. The van der Waals surface area contributed by atoms with Crippen molar-refractivity contribution >= 4 is 5.71 Å². The summed E-state index contributed by atoms with van der Waals surface area (Å²) in [5.41, 5.74) is 4.73. The molecule has 5 rings (SSSR count). The van der Waals surface area contributed by atoms with Crippen LogP contribution in [0, 0.1) is 0 Å². The van der Waals surface area contributed by atoms with Gasteiger partial charge in [0.05, 0.1) is 17.3 Å². The van der Waals surface area contributed by atoms with E-state index in [0.717, 1.165) is 22.4 Å². The molecule has 2 atom stereocenters. The molecule has 0 saturated heterocycles. The van der Waals surface area contributed by atoms with E-state index in [1.54, 1.807) is 6.07 Å². The Morgan fingerprint density at radius 1 is 0.912 bits per heavy atom. The molecule has 1 aliphatic rings. The Labute approximate surface area is 200 Å². The minimum Gasteiger partial charge on any atom is -0.507 e. The van der Waals surface area contributed by atoms with E-state index in [1.807, 2.05) is 72.8 Å². The third-order valence-electron chi connectivity index (χ3n) is 6.04. The Hall–Kier alpha value is -4.05. The Kier molecular flexibility index (Phi) is 6.30. The average molecular weight is 450 g/mol. The predicted molar refractivity (Wildman–Crippen MR) is 135 cm³/mol. The van der Waals surface area contributed by atoms with Crippen LogP contribution in [0.25, 0.3) is 0 Å². The quantitative estimate of drug-likeness (QED) is 0.343. The van der Waals surface area contributed by atoms with E-state index < -0.39 is 0 Å². The molecule has 0 saturated carbocycles. The number of nitrogens with zero attached hydrogens (tertiary/aromatic N) is 1. The first kappa shape index (κ1) is 21.8. The molecule has 170 valence electrons. The van der Waals surface area contributed by atoms with E-state index in [9.17, 15) is 5.11 Å². The molecule has 0 bridgehead atoms. The second kappa shape index (κ2) is 9.84. The summed E-state index contributed by atoms with van der Waals surface area (Å²) in [5.74, 6) is 1.26. The lowest BCUT2D eigenvalue weighted by atomic mass is 9.94. The number of ether oxygens (including phenoxy) is 2. The fourth-order valence-corrected chi connectivity index (χ4v) is 4.27. The highest BCUT2D eigenvalue weighted by Gasteiger charge is 2.30. The Morgan fingerprint density at radius 3 is 2.26 bits per heavy atom. The second-order valence-corrected chi connectivity index (χ2v) is 8.47. The van der Waals surface area contributed by atoms with E-state index in [0.29, 0.717) is 30.1 Å².